The third-order valence-electron chi connectivity index (χ3n) is 2.86. The number of aliphatic hydroxyl groups excluding tert-OH is 2. The molecule has 0 fully saturated rings. The van der Waals surface area contributed by atoms with Crippen molar-refractivity contribution in [2.75, 3.05) is 0 Å². The first-order valence-corrected chi connectivity index (χ1v) is 6.96. The average molecular weight is 355 g/mol. The van der Waals surface area contributed by atoms with Gasteiger partial charge >= 0.3 is 11.9 Å². The van der Waals surface area contributed by atoms with Crippen molar-refractivity contribution in [1.82, 2.24) is 0 Å². The molecule has 0 saturated carbocycles. The number of carboxylic acids is 2. The van der Waals surface area contributed by atoms with Crippen molar-refractivity contribution in [3.63, 3.8) is 0 Å². The van der Waals surface area contributed by atoms with Gasteiger partial charge in [-0.25, -0.2) is 9.59 Å². The second-order valence-electron chi connectivity index (χ2n) is 4.62. The highest BCUT2D eigenvalue weighted by Crippen LogP contribution is 2.17. The molecule has 0 aliphatic heterocycles. The Morgan fingerprint density at radius 3 is 1.42 bits per heavy atom. The first kappa shape index (κ1) is 19.4. The predicted molar refractivity (Wildman–Crippen MR) is 84.8 cm³/mol. The number of aliphatic carboxylic acids is 2. The van der Waals surface area contributed by atoms with Gasteiger partial charge in [-0.1, -0.05) is 35.9 Å². The lowest BCUT2D eigenvalue weighted by Gasteiger charge is -2.04. The number of phenolic OH excluding ortho intramolecular Hbond substituents is 1. The van der Waals surface area contributed by atoms with Gasteiger partial charge in [-0.05, 0) is 35.4 Å². The third-order valence-corrected chi connectivity index (χ3v) is 3.11. The minimum absolute atomic E-state index is 0.0383. The Labute approximate surface area is 142 Å². The number of aromatic hydroxyl groups is 1. The van der Waals surface area contributed by atoms with E-state index in [2.05, 4.69) is 0 Å². The molecule has 2 aromatic rings. The molecule has 0 heterocycles. The lowest BCUT2D eigenvalue weighted by atomic mass is 10.1. The summed E-state index contributed by atoms with van der Waals surface area (Å²) in [5.74, 6) is -2.53. The molecule has 0 amide bonds. The van der Waals surface area contributed by atoms with E-state index in [1.165, 1.54) is 48.5 Å². The molecule has 128 valence electrons. The molecule has 0 aromatic heterocycles. The topological polar surface area (TPSA) is 135 Å². The molecule has 2 unspecified atom stereocenters. The minimum atomic E-state index is -1.52. The van der Waals surface area contributed by atoms with Crippen molar-refractivity contribution in [2.24, 2.45) is 0 Å². The van der Waals surface area contributed by atoms with E-state index in [-0.39, 0.29) is 11.3 Å². The molecule has 0 radical (unpaired) electrons. The van der Waals surface area contributed by atoms with Crippen LogP contribution in [0.25, 0.3) is 0 Å². The maximum atomic E-state index is 10.3. The van der Waals surface area contributed by atoms with Crippen molar-refractivity contribution in [1.29, 1.82) is 0 Å². The number of hydrogen-bond donors (Lipinski definition) is 5. The maximum Gasteiger partial charge on any atom is 0.337 e. The summed E-state index contributed by atoms with van der Waals surface area (Å²) >= 11 is 5.57. The number of halogens is 1. The number of phenols is 1. The molecule has 0 aliphatic carbocycles. The van der Waals surface area contributed by atoms with E-state index in [0.29, 0.717) is 10.6 Å². The fourth-order valence-corrected chi connectivity index (χ4v) is 1.71. The largest absolute Gasteiger partial charge is 0.508 e. The van der Waals surface area contributed by atoms with Gasteiger partial charge in [-0.3, -0.25) is 0 Å². The zero-order valence-corrected chi connectivity index (χ0v) is 13.0. The van der Waals surface area contributed by atoms with E-state index in [0.717, 1.165) is 0 Å². The fraction of sp³-hybridized carbons (Fsp3) is 0.125. The van der Waals surface area contributed by atoms with Crippen LogP contribution in [0.15, 0.2) is 48.5 Å². The molecule has 7 nitrogen and oxygen atoms in total. The summed E-state index contributed by atoms with van der Waals surface area (Å²) in [6, 6.07) is 11.4. The molecule has 24 heavy (non-hydrogen) atoms. The van der Waals surface area contributed by atoms with Crippen LogP contribution >= 0.6 is 11.6 Å². The Morgan fingerprint density at radius 2 is 1.08 bits per heavy atom. The molecule has 2 aromatic carbocycles. The number of rotatable bonds is 4. The normalized spacial score (nSPS) is 12.5. The van der Waals surface area contributed by atoms with E-state index in [1.807, 2.05) is 0 Å². The highest BCUT2D eigenvalue weighted by molar-refractivity contribution is 6.30. The van der Waals surface area contributed by atoms with E-state index < -0.39 is 24.1 Å². The molecule has 5 N–H and O–H groups in total. The lowest BCUT2D eigenvalue weighted by molar-refractivity contribution is -0.147. The molecule has 0 bridgehead atoms. The second kappa shape index (κ2) is 8.88. The van der Waals surface area contributed by atoms with Gasteiger partial charge in [0.15, 0.2) is 12.2 Å². The third kappa shape index (κ3) is 5.88. The fourth-order valence-electron chi connectivity index (χ4n) is 1.59. The summed E-state index contributed by atoms with van der Waals surface area (Å²) in [4.78, 5) is 20.6. The Kier molecular flexibility index (Phi) is 7.19. The van der Waals surface area contributed by atoms with E-state index in [4.69, 9.17) is 37.1 Å². The predicted octanol–water partition coefficient (Wildman–Crippen LogP) is 1.97. The van der Waals surface area contributed by atoms with Crippen molar-refractivity contribution in [3.05, 3.63) is 64.7 Å². The molecule has 8 heteroatoms. The summed E-state index contributed by atoms with van der Waals surface area (Å²) in [6.07, 6.45) is -2.99. The van der Waals surface area contributed by atoms with E-state index >= 15 is 0 Å². The average Bonchev–Trinajstić information content (AvgIpc) is 2.55. The van der Waals surface area contributed by atoms with Crippen LogP contribution < -0.4 is 0 Å². The Balaban J connectivity index is 0.000000240. The summed E-state index contributed by atoms with van der Waals surface area (Å²) in [5.41, 5.74) is 0.576. The van der Waals surface area contributed by atoms with E-state index in [1.54, 1.807) is 0 Å². The van der Waals surface area contributed by atoms with Gasteiger partial charge in [0.05, 0.1) is 0 Å². The SMILES string of the molecule is O=C(O)C(O)c1ccc(Cl)cc1.O=C(O)C(O)c1ccc(O)cc1. The zero-order chi connectivity index (χ0) is 18.3. The van der Waals surface area contributed by atoms with Crippen molar-refractivity contribution < 1.29 is 35.1 Å². The van der Waals surface area contributed by atoms with Gasteiger partial charge in [0.25, 0.3) is 0 Å². The first-order chi connectivity index (χ1) is 11.2. The smallest absolute Gasteiger partial charge is 0.337 e. The Bertz CT molecular complexity index is 621. The van der Waals surface area contributed by atoms with Crippen molar-refractivity contribution in [3.8, 4) is 5.75 Å². The van der Waals surface area contributed by atoms with Crippen LogP contribution in [0.5, 0.6) is 5.75 Å². The molecule has 2 rings (SSSR count). The van der Waals surface area contributed by atoms with Crippen molar-refractivity contribution >= 4 is 23.5 Å². The lowest BCUT2D eigenvalue weighted by Crippen LogP contribution is -2.09. The zero-order valence-electron chi connectivity index (χ0n) is 12.2. The molecule has 0 aliphatic rings. The Hall–Kier alpha value is -2.61. The highest BCUT2D eigenvalue weighted by Gasteiger charge is 2.15. The van der Waals surface area contributed by atoms with Crippen LogP contribution in [0.3, 0.4) is 0 Å². The standard InChI is InChI=1S/C8H7ClO3.C8H8O4/c2*9-6-3-1-5(2-4-6)7(10)8(11)12/h1-4,7,10H,(H,11,12);1-4,7,9-10H,(H,11,12). The van der Waals surface area contributed by atoms with Crippen molar-refractivity contribution in [2.45, 2.75) is 12.2 Å². The number of carboxylic acid groups (broad SMARTS) is 2. The van der Waals surface area contributed by atoms with Crippen LogP contribution in [0.1, 0.15) is 23.3 Å². The number of benzene rings is 2. The molecule has 0 spiro atoms. The summed E-state index contributed by atoms with van der Waals surface area (Å²) < 4.78 is 0. The van der Waals surface area contributed by atoms with Gasteiger partial charge in [0, 0.05) is 5.02 Å². The minimum Gasteiger partial charge on any atom is -0.508 e. The van der Waals surface area contributed by atoms with Gasteiger partial charge in [0.1, 0.15) is 5.75 Å². The summed E-state index contributed by atoms with van der Waals surface area (Å²) in [6.45, 7) is 0. The quantitative estimate of drug-likeness (QED) is 0.566. The number of carbonyl (C=O) groups is 2. The van der Waals surface area contributed by atoms with Crippen LogP contribution in [0.4, 0.5) is 0 Å². The second-order valence-corrected chi connectivity index (χ2v) is 5.06. The molecular weight excluding hydrogens is 340 g/mol. The molecule has 0 saturated heterocycles. The number of hydrogen-bond acceptors (Lipinski definition) is 5. The first-order valence-electron chi connectivity index (χ1n) is 6.58. The highest BCUT2D eigenvalue weighted by atomic mass is 35.5. The van der Waals surface area contributed by atoms with Crippen LogP contribution in [-0.2, 0) is 9.59 Å². The van der Waals surface area contributed by atoms with E-state index in [9.17, 15) is 9.59 Å². The van der Waals surface area contributed by atoms with Gasteiger partial charge < -0.3 is 25.5 Å². The molecule has 2 atom stereocenters. The van der Waals surface area contributed by atoms with Gasteiger partial charge in [0.2, 0.25) is 0 Å². The van der Waals surface area contributed by atoms with Crippen LogP contribution in [0, 0.1) is 0 Å². The van der Waals surface area contributed by atoms with Gasteiger partial charge in [-0.15, -0.1) is 0 Å². The number of aliphatic hydroxyl groups is 2. The summed E-state index contributed by atoms with van der Waals surface area (Å²) in [7, 11) is 0. The van der Waals surface area contributed by atoms with Gasteiger partial charge in [-0.2, -0.15) is 0 Å². The molecular formula is C16H15ClO7. The maximum absolute atomic E-state index is 10.3. The summed E-state index contributed by atoms with van der Waals surface area (Å²) in [5, 5.41) is 44.2. The Morgan fingerprint density at radius 1 is 0.750 bits per heavy atom. The van der Waals surface area contributed by atoms with Crippen LogP contribution in [-0.4, -0.2) is 37.5 Å². The monoisotopic (exact) mass is 354 g/mol. The van der Waals surface area contributed by atoms with Crippen LogP contribution in [0.2, 0.25) is 5.02 Å².